The fourth-order valence-electron chi connectivity index (χ4n) is 3.11. The number of hydrogen-bond donors (Lipinski definition) is 1. The van der Waals surface area contributed by atoms with Crippen LogP contribution >= 0.6 is 15.9 Å². The zero-order valence-corrected chi connectivity index (χ0v) is 15.0. The van der Waals surface area contributed by atoms with Crippen LogP contribution in [0, 0.1) is 5.92 Å². The third-order valence-corrected chi connectivity index (χ3v) is 5.11. The Morgan fingerprint density at radius 2 is 1.78 bits per heavy atom. The van der Waals surface area contributed by atoms with Crippen LogP contribution in [0.1, 0.15) is 30.4 Å². The van der Waals surface area contributed by atoms with E-state index in [2.05, 4.69) is 69.8 Å². The van der Waals surface area contributed by atoms with Crippen molar-refractivity contribution in [3.8, 4) is 5.75 Å². The first-order valence-electron chi connectivity index (χ1n) is 8.47. The first-order chi connectivity index (χ1) is 11.3. The summed E-state index contributed by atoms with van der Waals surface area (Å²) < 4.78 is 7.03. The standard InChI is InChI=1S/C20H24BrNO/c21-19-15-18(14-17-4-2-1-3-5-17)6-7-20(19)23-13-10-16-8-11-22-12-9-16/h1-7,15-16,22H,8-14H2. The molecule has 0 atom stereocenters. The summed E-state index contributed by atoms with van der Waals surface area (Å²) in [6.07, 6.45) is 4.66. The molecule has 0 amide bonds. The minimum atomic E-state index is 0.807. The van der Waals surface area contributed by atoms with Gasteiger partial charge in [-0.05, 0) is 83.9 Å². The van der Waals surface area contributed by atoms with E-state index in [4.69, 9.17) is 4.74 Å². The van der Waals surface area contributed by atoms with E-state index in [1.807, 2.05) is 0 Å². The van der Waals surface area contributed by atoms with Crippen LogP contribution in [0.25, 0.3) is 0 Å². The molecular weight excluding hydrogens is 350 g/mol. The molecule has 2 nitrogen and oxygen atoms in total. The summed E-state index contributed by atoms with van der Waals surface area (Å²) in [6, 6.07) is 17.0. The molecule has 0 unspecified atom stereocenters. The van der Waals surface area contributed by atoms with Crippen molar-refractivity contribution in [1.82, 2.24) is 5.32 Å². The highest BCUT2D eigenvalue weighted by molar-refractivity contribution is 9.10. The summed E-state index contributed by atoms with van der Waals surface area (Å²) in [7, 11) is 0. The van der Waals surface area contributed by atoms with E-state index >= 15 is 0 Å². The molecule has 23 heavy (non-hydrogen) atoms. The number of benzene rings is 2. The Bertz CT molecular complexity index is 608. The monoisotopic (exact) mass is 373 g/mol. The molecular formula is C20H24BrNO. The molecule has 1 N–H and O–H groups in total. The molecule has 0 aliphatic carbocycles. The van der Waals surface area contributed by atoms with E-state index in [9.17, 15) is 0 Å². The highest BCUT2D eigenvalue weighted by Gasteiger charge is 2.13. The summed E-state index contributed by atoms with van der Waals surface area (Å²) in [5, 5.41) is 3.41. The molecule has 0 radical (unpaired) electrons. The molecule has 1 fully saturated rings. The van der Waals surface area contributed by atoms with Gasteiger partial charge in [-0.1, -0.05) is 36.4 Å². The lowest BCUT2D eigenvalue weighted by Crippen LogP contribution is -2.28. The molecule has 0 aromatic heterocycles. The zero-order chi connectivity index (χ0) is 15.9. The molecule has 1 aliphatic rings. The fourth-order valence-corrected chi connectivity index (χ4v) is 3.65. The number of rotatable bonds is 6. The van der Waals surface area contributed by atoms with Gasteiger partial charge in [0, 0.05) is 0 Å². The average Bonchev–Trinajstić information content (AvgIpc) is 2.59. The minimum absolute atomic E-state index is 0.807. The van der Waals surface area contributed by atoms with Crippen LogP contribution in [0.15, 0.2) is 53.0 Å². The fraction of sp³-hybridized carbons (Fsp3) is 0.400. The van der Waals surface area contributed by atoms with E-state index in [0.717, 1.165) is 48.7 Å². The Labute approximate surface area is 147 Å². The van der Waals surface area contributed by atoms with Crippen molar-refractivity contribution in [2.24, 2.45) is 5.92 Å². The SMILES string of the molecule is Brc1cc(Cc2ccccc2)ccc1OCCC1CCNCC1. The van der Waals surface area contributed by atoms with Crippen molar-refractivity contribution in [1.29, 1.82) is 0 Å². The van der Waals surface area contributed by atoms with Crippen LogP contribution in [-0.4, -0.2) is 19.7 Å². The van der Waals surface area contributed by atoms with Crippen molar-refractivity contribution in [2.75, 3.05) is 19.7 Å². The molecule has 2 aromatic rings. The molecule has 3 heteroatoms. The van der Waals surface area contributed by atoms with Crippen molar-refractivity contribution < 1.29 is 4.74 Å². The maximum atomic E-state index is 5.98. The Balaban J connectivity index is 1.52. The van der Waals surface area contributed by atoms with Crippen LogP contribution in [0.2, 0.25) is 0 Å². The van der Waals surface area contributed by atoms with Crippen molar-refractivity contribution >= 4 is 15.9 Å². The lowest BCUT2D eigenvalue weighted by molar-refractivity contribution is 0.251. The molecule has 0 bridgehead atoms. The quantitative estimate of drug-likeness (QED) is 0.784. The predicted molar refractivity (Wildman–Crippen MR) is 99.1 cm³/mol. The van der Waals surface area contributed by atoms with Gasteiger partial charge in [0.25, 0.3) is 0 Å². The molecule has 1 heterocycles. The molecule has 122 valence electrons. The first-order valence-corrected chi connectivity index (χ1v) is 9.26. The number of nitrogens with one attached hydrogen (secondary N) is 1. The second-order valence-electron chi connectivity index (χ2n) is 6.26. The van der Waals surface area contributed by atoms with E-state index in [1.54, 1.807) is 0 Å². The Hall–Kier alpha value is -1.32. The van der Waals surface area contributed by atoms with Crippen LogP contribution < -0.4 is 10.1 Å². The third kappa shape index (κ3) is 5.08. The van der Waals surface area contributed by atoms with Gasteiger partial charge in [0.1, 0.15) is 5.75 Å². The van der Waals surface area contributed by atoms with E-state index < -0.39 is 0 Å². The minimum Gasteiger partial charge on any atom is -0.492 e. The number of piperidine rings is 1. The summed E-state index contributed by atoms with van der Waals surface area (Å²) in [6.45, 7) is 3.12. The third-order valence-electron chi connectivity index (χ3n) is 4.49. The Morgan fingerprint density at radius 3 is 2.52 bits per heavy atom. The summed E-state index contributed by atoms with van der Waals surface area (Å²) >= 11 is 3.65. The number of hydrogen-bond acceptors (Lipinski definition) is 2. The second-order valence-corrected chi connectivity index (χ2v) is 7.11. The number of ether oxygens (including phenoxy) is 1. The molecule has 2 aromatic carbocycles. The van der Waals surface area contributed by atoms with Crippen LogP contribution in [-0.2, 0) is 6.42 Å². The van der Waals surface area contributed by atoms with Gasteiger partial charge in [0.05, 0.1) is 11.1 Å². The molecule has 0 saturated carbocycles. The van der Waals surface area contributed by atoms with Crippen LogP contribution in [0.3, 0.4) is 0 Å². The van der Waals surface area contributed by atoms with Gasteiger partial charge in [-0.25, -0.2) is 0 Å². The van der Waals surface area contributed by atoms with Crippen molar-refractivity contribution in [3.05, 3.63) is 64.1 Å². The summed E-state index contributed by atoms with van der Waals surface area (Å²) in [5.74, 6) is 1.77. The maximum absolute atomic E-state index is 5.98. The van der Waals surface area contributed by atoms with Crippen LogP contribution in [0.4, 0.5) is 0 Å². The molecule has 1 saturated heterocycles. The lowest BCUT2D eigenvalue weighted by Gasteiger charge is -2.22. The highest BCUT2D eigenvalue weighted by atomic mass is 79.9. The van der Waals surface area contributed by atoms with Gasteiger partial charge in [0.15, 0.2) is 0 Å². The van der Waals surface area contributed by atoms with Gasteiger partial charge in [-0.3, -0.25) is 0 Å². The lowest BCUT2D eigenvalue weighted by atomic mass is 9.95. The van der Waals surface area contributed by atoms with Gasteiger partial charge >= 0.3 is 0 Å². The van der Waals surface area contributed by atoms with Crippen molar-refractivity contribution in [3.63, 3.8) is 0 Å². The largest absolute Gasteiger partial charge is 0.492 e. The highest BCUT2D eigenvalue weighted by Crippen LogP contribution is 2.28. The van der Waals surface area contributed by atoms with Gasteiger partial charge in [-0.2, -0.15) is 0 Å². The van der Waals surface area contributed by atoms with Gasteiger partial charge in [-0.15, -0.1) is 0 Å². The smallest absolute Gasteiger partial charge is 0.133 e. The van der Waals surface area contributed by atoms with E-state index in [-0.39, 0.29) is 0 Å². The van der Waals surface area contributed by atoms with Crippen LogP contribution in [0.5, 0.6) is 5.75 Å². The Morgan fingerprint density at radius 1 is 1.00 bits per heavy atom. The maximum Gasteiger partial charge on any atom is 0.133 e. The van der Waals surface area contributed by atoms with E-state index in [0.29, 0.717) is 0 Å². The predicted octanol–water partition coefficient (Wildman–Crippen LogP) is 4.81. The first kappa shape index (κ1) is 16.5. The van der Waals surface area contributed by atoms with E-state index in [1.165, 1.54) is 24.0 Å². The number of halogens is 1. The zero-order valence-electron chi connectivity index (χ0n) is 13.4. The normalized spacial score (nSPS) is 15.5. The van der Waals surface area contributed by atoms with Gasteiger partial charge in [0.2, 0.25) is 0 Å². The second kappa shape index (κ2) is 8.51. The summed E-state index contributed by atoms with van der Waals surface area (Å²) in [5.41, 5.74) is 2.63. The van der Waals surface area contributed by atoms with Crippen molar-refractivity contribution in [2.45, 2.75) is 25.7 Å². The molecule has 3 rings (SSSR count). The topological polar surface area (TPSA) is 21.3 Å². The van der Waals surface area contributed by atoms with Gasteiger partial charge < -0.3 is 10.1 Å². The molecule has 1 aliphatic heterocycles. The average molecular weight is 374 g/mol. The Kier molecular flexibility index (Phi) is 6.12. The summed E-state index contributed by atoms with van der Waals surface area (Å²) in [4.78, 5) is 0. The molecule has 0 spiro atoms.